The second kappa shape index (κ2) is 4.12. The van der Waals surface area contributed by atoms with Gasteiger partial charge in [-0.25, -0.2) is 0 Å². The fourth-order valence-electron chi connectivity index (χ4n) is 6.39. The molecule has 1 aromatic carbocycles. The zero-order valence-electron chi connectivity index (χ0n) is 13.9. The SMILES string of the molecule is CCC12CC34CCN3C(CC14)[C@H](c1ccnc3ccc(O)cc13)O2. The molecule has 4 heteroatoms. The molecule has 1 aliphatic carbocycles. The number of hydrogen-bond acceptors (Lipinski definition) is 4. The molecule has 3 aliphatic heterocycles. The van der Waals surface area contributed by atoms with Crippen LogP contribution in [0, 0.1) is 5.92 Å². The van der Waals surface area contributed by atoms with Gasteiger partial charge < -0.3 is 9.84 Å². The molecule has 4 heterocycles. The van der Waals surface area contributed by atoms with Crippen molar-refractivity contribution in [3.63, 3.8) is 0 Å². The summed E-state index contributed by atoms with van der Waals surface area (Å²) in [4.78, 5) is 7.21. The minimum atomic E-state index is 0.0722. The lowest BCUT2D eigenvalue weighted by Crippen LogP contribution is -2.73. The summed E-state index contributed by atoms with van der Waals surface area (Å²) in [5.41, 5.74) is 2.66. The normalized spacial score (nSPS) is 42.5. The van der Waals surface area contributed by atoms with Gasteiger partial charge in [0.15, 0.2) is 0 Å². The van der Waals surface area contributed by atoms with E-state index >= 15 is 0 Å². The van der Waals surface area contributed by atoms with E-state index in [9.17, 15) is 5.11 Å². The van der Waals surface area contributed by atoms with E-state index in [1.165, 1.54) is 31.4 Å². The van der Waals surface area contributed by atoms with Gasteiger partial charge in [-0.1, -0.05) is 6.92 Å². The summed E-state index contributed by atoms with van der Waals surface area (Å²) in [7, 11) is 0. The monoisotopic (exact) mass is 322 g/mol. The Labute approximate surface area is 141 Å². The number of nitrogens with zero attached hydrogens (tertiary/aromatic N) is 2. The maximum atomic E-state index is 9.97. The highest BCUT2D eigenvalue weighted by Crippen LogP contribution is 2.72. The van der Waals surface area contributed by atoms with Crippen molar-refractivity contribution in [1.29, 1.82) is 0 Å². The van der Waals surface area contributed by atoms with Gasteiger partial charge in [-0.2, -0.15) is 0 Å². The van der Waals surface area contributed by atoms with Crippen LogP contribution in [-0.2, 0) is 4.74 Å². The Morgan fingerprint density at radius 1 is 1.38 bits per heavy atom. The first-order valence-electron chi connectivity index (χ1n) is 9.19. The zero-order chi connectivity index (χ0) is 16.1. The molecule has 4 unspecified atom stereocenters. The van der Waals surface area contributed by atoms with Gasteiger partial charge in [0.25, 0.3) is 0 Å². The summed E-state index contributed by atoms with van der Waals surface area (Å²) in [6.45, 7) is 3.50. The third kappa shape index (κ3) is 1.34. The van der Waals surface area contributed by atoms with Crippen LogP contribution in [0.5, 0.6) is 5.75 Å². The summed E-state index contributed by atoms with van der Waals surface area (Å²) < 4.78 is 6.83. The van der Waals surface area contributed by atoms with Gasteiger partial charge in [0.1, 0.15) is 5.75 Å². The quantitative estimate of drug-likeness (QED) is 0.920. The van der Waals surface area contributed by atoms with Crippen LogP contribution in [0.3, 0.4) is 0 Å². The molecule has 1 aromatic heterocycles. The highest BCUT2D eigenvalue weighted by molar-refractivity contribution is 5.84. The van der Waals surface area contributed by atoms with Gasteiger partial charge in [-0.15, -0.1) is 0 Å². The van der Waals surface area contributed by atoms with Crippen molar-refractivity contribution in [3.05, 3.63) is 36.0 Å². The molecule has 6 rings (SSSR count). The number of fused-ring (bicyclic) bond motifs is 3. The Balaban J connectivity index is 1.52. The van der Waals surface area contributed by atoms with E-state index in [0.717, 1.165) is 23.2 Å². The molecule has 1 saturated carbocycles. The van der Waals surface area contributed by atoms with Gasteiger partial charge >= 0.3 is 0 Å². The van der Waals surface area contributed by atoms with Crippen molar-refractivity contribution in [3.8, 4) is 5.75 Å². The number of benzene rings is 1. The summed E-state index contributed by atoms with van der Waals surface area (Å²) in [5.74, 6) is 1.03. The predicted octanol–water partition coefficient (Wildman–Crippen LogP) is 3.40. The number of pyridine rings is 1. The van der Waals surface area contributed by atoms with Crippen molar-refractivity contribution in [2.24, 2.45) is 5.92 Å². The fourth-order valence-corrected chi connectivity index (χ4v) is 6.39. The lowest BCUT2D eigenvalue weighted by Gasteiger charge is -2.65. The fraction of sp³-hybridized carbons (Fsp3) is 0.550. The van der Waals surface area contributed by atoms with Crippen LogP contribution in [0.4, 0.5) is 0 Å². The van der Waals surface area contributed by atoms with Crippen LogP contribution in [0.25, 0.3) is 10.9 Å². The molecule has 1 spiro atoms. The van der Waals surface area contributed by atoms with Crippen LogP contribution < -0.4 is 0 Å². The van der Waals surface area contributed by atoms with Crippen LogP contribution in [0.15, 0.2) is 30.5 Å². The Morgan fingerprint density at radius 2 is 2.29 bits per heavy atom. The Morgan fingerprint density at radius 3 is 3.08 bits per heavy atom. The second-order valence-corrected chi connectivity index (χ2v) is 8.14. The van der Waals surface area contributed by atoms with Gasteiger partial charge in [0, 0.05) is 35.6 Å². The summed E-state index contributed by atoms with van der Waals surface area (Å²) in [5, 5.41) is 11.0. The first kappa shape index (κ1) is 13.6. The zero-order valence-corrected chi connectivity index (χ0v) is 13.9. The summed E-state index contributed by atoms with van der Waals surface area (Å²) >= 11 is 0. The van der Waals surface area contributed by atoms with Crippen molar-refractivity contribution in [2.45, 2.75) is 55.9 Å². The minimum Gasteiger partial charge on any atom is -0.508 e. The van der Waals surface area contributed by atoms with E-state index in [2.05, 4.69) is 22.9 Å². The summed E-state index contributed by atoms with van der Waals surface area (Å²) in [6.07, 6.45) is 6.91. The largest absolute Gasteiger partial charge is 0.508 e. The number of hydrogen-bond donors (Lipinski definition) is 1. The average Bonchev–Trinajstić information content (AvgIpc) is 2.65. The van der Waals surface area contributed by atoms with E-state index in [1.807, 2.05) is 18.3 Å². The number of phenolic OH excluding ortho intramolecular Hbond substituents is 1. The molecule has 0 radical (unpaired) electrons. The highest BCUT2D eigenvalue weighted by atomic mass is 16.5. The third-order valence-corrected chi connectivity index (χ3v) is 7.50. The van der Waals surface area contributed by atoms with E-state index in [0.29, 0.717) is 17.3 Å². The second-order valence-electron chi connectivity index (χ2n) is 8.14. The third-order valence-electron chi connectivity index (χ3n) is 7.50. The molecular weight excluding hydrogens is 300 g/mol. The molecule has 2 bridgehead atoms. The van der Waals surface area contributed by atoms with Crippen molar-refractivity contribution < 1.29 is 9.84 Å². The molecular formula is C20H22N2O2. The highest BCUT2D eigenvalue weighted by Gasteiger charge is 2.77. The van der Waals surface area contributed by atoms with Crippen molar-refractivity contribution >= 4 is 10.9 Å². The summed E-state index contributed by atoms with van der Waals surface area (Å²) in [6, 6.07) is 8.03. The van der Waals surface area contributed by atoms with E-state index in [1.54, 1.807) is 6.07 Å². The van der Waals surface area contributed by atoms with Crippen LogP contribution in [0.1, 0.15) is 44.3 Å². The molecule has 24 heavy (non-hydrogen) atoms. The first-order valence-corrected chi connectivity index (χ1v) is 9.19. The predicted molar refractivity (Wildman–Crippen MR) is 90.8 cm³/mol. The molecule has 4 fully saturated rings. The Kier molecular flexibility index (Phi) is 2.34. The van der Waals surface area contributed by atoms with Gasteiger partial charge in [-0.3, -0.25) is 9.88 Å². The molecule has 2 aromatic rings. The Bertz CT molecular complexity index is 868. The minimum absolute atomic E-state index is 0.0722. The number of ether oxygens (including phenoxy) is 1. The van der Waals surface area contributed by atoms with Crippen LogP contribution in [0.2, 0.25) is 0 Å². The average molecular weight is 322 g/mol. The van der Waals surface area contributed by atoms with E-state index in [-0.39, 0.29) is 11.7 Å². The van der Waals surface area contributed by atoms with Gasteiger partial charge in [-0.05, 0) is 55.5 Å². The topological polar surface area (TPSA) is 45.6 Å². The van der Waals surface area contributed by atoms with E-state index < -0.39 is 0 Å². The maximum absolute atomic E-state index is 9.97. The lowest BCUT2D eigenvalue weighted by molar-refractivity contribution is -0.236. The molecule has 0 amide bonds. The van der Waals surface area contributed by atoms with Gasteiger partial charge in [0.2, 0.25) is 0 Å². The van der Waals surface area contributed by atoms with E-state index in [4.69, 9.17) is 4.74 Å². The van der Waals surface area contributed by atoms with Gasteiger partial charge in [0.05, 0.1) is 17.2 Å². The lowest BCUT2D eigenvalue weighted by atomic mass is 9.51. The first-order chi connectivity index (χ1) is 11.7. The number of aromatic hydroxyl groups is 1. The van der Waals surface area contributed by atoms with Crippen LogP contribution in [-0.4, -0.2) is 38.7 Å². The van der Waals surface area contributed by atoms with Crippen molar-refractivity contribution in [2.75, 3.05) is 6.54 Å². The maximum Gasteiger partial charge on any atom is 0.116 e. The molecule has 4 nitrogen and oxygen atoms in total. The molecule has 1 N–H and O–H groups in total. The smallest absolute Gasteiger partial charge is 0.116 e. The van der Waals surface area contributed by atoms with Crippen LogP contribution >= 0.6 is 0 Å². The number of aromatic nitrogens is 1. The number of phenols is 1. The molecule has 3 saturated heterocycles. The molecule has 4 aliphatic rings. The number of rotatable bonds is 2. The van der Waals surface area contributed by atoms with Crippen molar-refractivity contribution in [1.82, 2.24) is 9.88 Å². The Hall–Kier alpha value is -1.65. The standard InChI is InChI=1S/C20H22N2O2/c1-2-20-11-19-6-8-22(19)16(10-17(19)20)18(24-20)13-5-7-21-15-4-3-12(23)9-14(13)15/h3-5,7,9,16-18,23H,2,6,8,10-11H2,1H3/t16?,17?,18-,19?,20?/m0/s1. The molecule has 124 valence electrons. The molecule has 5 atom stereocenters.